The molecule has 0 saturated carbocycles. The summed E-state index contributed by atoms with van der Waals surface area (Å²) in [6.45, 7) is 6.27. The van der Waals surface area contributed by atoms with Crippen molar-refractivity contribution < 1.29 is 0 Å². The van der Waals surface area contributed by atoms with Crippen molar-refractivity contribution in [3.8, 4) is 0 Å². The smallest absolute Gasteiger partial charge is 0.0119 e. The summed E-state index contributed by atoms with van der Waals surface area (Å²) in [5.41, 5.74) is 0.210. The van der Waals surface area contributed by atoms with Crippen molar-refractivity contribution in [1.29, 1.82) is 0 Å². The maximum Gasteiger partial charge on any atom is -0.0119 e. The van der Waals surface area contributed by atoms with Crippen LogP contribution < -0.4 is 0 Å². The molecule has 0 nitrogen and oxygen atoms in total. The summed E-state index contributed by atoms with van der Waals surface area (Å²) >= 11 is 4.49. The molecular weight excluding hydrogens is 104 g/mol. The lowest BCUT2D eigenvalue weighted by molar-refractivity contribution is 0.549. The molecule has 0 atom stereocenters. The highest BCUT2D eigenvalue weighted by Crippen LogP contribution is 2.11. The van der Waals surface area contributed by atoms with Gasteiger partial charge >= 0.3 is 0 Å². The summed E-state index contributed by atoms with van der Waals surface area (Å²) in [7, 11) is 0. The third-order valence-corrected chi connectivity index (χ3v) is 0.610. The maximum absolute atomic E-state index is 4.49. The summed E-state index contributed by atoms with van der Waals surface area (Å²) in [4.78, 5) is 0. The summed E-state index contributed by atoms with van der Waals surface area (Å²) in [5.74, 6) is 0. The fourth-order valence-corrected chi connectivity index (χ4v) is 0.530. The summed E-state index contributed by atoms with van der Waals surface area (Å²) in [6.07, 6.45) is 1.88. The van der Waals surface area contributed by atoms with Gasteiger partial charge in [0.25, 0.3) is 0 Å². The van der Waals surface area contributed by atoms with Crippen molar-refractivity contribution in [1.82, 2.24) is 0 Å². The Morgan fingerprint density at radius 2 is 1.86 bits per heavy atom. The van der Waals surface area contributed by atoms with E-state index in [9.17, 15) is 0 Å². The van der Waals surface area contributed by atoms with E-state index in [0.717, 1.165) is 0 Å². The van der Waals surface area contributed by atoms with Gasteiger partial charge in [0.1, 0.15) is 0 Å². The molecule has 0 amide bonds. The Balaban J connectivity index is 3.80. The van der Waals surface area contributed by atoms with E-state index in [4.69, 9.17) is 0 Å². The second-order valence-electron chi connectivity index (χ2n) is 2.63. The average Bonchev–Trinajstić information content (AvgIpc) is 1.30. The second kappa shape index (κ2) is 2.25. The van der Waals surface area contributed by atoms with Crippen LogP contribution in [0.5, 0.6) is 0 Å². The molecule has 40 valence electrons. The first-order valence-corrected chi connectivity index (χ1v) is 2.69. The van der Waals surface area contributed by atoms with Crippen molar-refractivity contribution in [3.63, 3.8) is 0 Å². The Labute approximate surface area is 50.2 Å². The molecule has 0 aliphatic heterocycles. The standard InChI is InChI=1S/C6H10S/c1-6(2,3)4-5-7/h4H,1-3H3. The van der Waals surface area contributed by atoms with Crippen LogP contribution in [-0.4, -0.2) is 5.02 Å². The molecule has 7 heavy (non-hydrogen) atoms. The summed E-state index contributed by atoms with van der Waals surface area (Å²) < 4.78 is 0. The van der Waals surface area contributed by atoms with Crippen LogP contribution >= 0.6 is 12.2 Å². The molecular formula is C6H10S. The van der Waals surface area contributed by atoms with Gasteiger partial charge in [0.05, 0.1) is 0 Å². The topological polar surface area (TPSA) is 0 Å². The van der Waals surface area contributed by atoms with Crippen molar-refractivity contribution >= 4 is 17.2 Å². The zero-order chi connectivity index (χ0) is 5.91. The fourth-order valence-electron chi connectivity index (χ4n) is 0.177. The van der Waals surface area contributed by atoms with Crippen LogP contribution in [0, 0.1) is 5.41 Å². The molecule has 0 fully saturated rings. The van der Waals surface area contributed by atoms with E-state index in [1.165, 1.54) is 0 Å². The first-order valence-electron chi connectivity index (χ1n) is 2.28. The predicted octanol–water partition coefficient (Wildman–Crippen LogP) is 2.19. The Bertz CT molecular complexity index is 91.2. The van der Waals surface area contributed by atoms with Gasteiger partial charge in [-0.1, -0.05) is 20.8 Å². The van der Waals surface area contributed by atoms with Crippen LogP contribution in [-0.2, 0) is 0 Å². The Morgan fingerprint density at radius 3 is 1.86 bits per heavy atom. The Hall–Kier alpha value is -0.130. The molecule has 0 heterocycles. The molecule has 0 spiro atoms. The third-order valence-electron chi connectivity index (χ3n) is 0.492. The van der Waals surface area contributed by atoms with Gasteiger partial charge in [-0.2, -0.15) is 0 Å². The minimum atomic E-state index is 0.210. The van der Waals surface area contributed by atoms with Crippen LogP contribution in [0.4, 0.5) is 0 Å². The van der Waals surface area contributed by atoms with E-state index < -0.39 is 0 Å². The molecule has 1 heteroatoms. The van der Waals surface area contributed by atoms with Gasteiger partial charge in [-0.3, -0.25) is 0 Å². The number of thiocarbonyl (C=S) groups is 1. The predicted molar refractivity (Wildman–Crippen MR) is 36.6 cm³/mol. The molecule has 0 saturated heterocycles. The minimum Gasteiger partial charge on any atom is -0.0560 e. The van der Waals surface area contributed by atoms with Gasteiger partial charge in [0, 0.05) is 0 Å². The van der Waals surface area contributed by atoms with E-state index in [0.29, 0.717) is 0 Å². The summed E-state index contributed by atoms with van der Waals surface area (Å²) in [6, 6.07) is 0. The normalized spacial score (nSPS) is 10.1. The molecule has 0 N–H and O–H groups in total. The van der Waals surface area contributed by atoms with Gasteiger partial charge in [-0.25, -0.2) is 0 Å². The number of rotatable bonds is 0. The molecule has 0 radical (unpaired) electrons. The van der Waals surface area contributed by atoms with Gasteiger partial charge in [0.15, 0.2) is 0 Å². The van der Waals surface area contributed by atoms with E-state index in [1.54, 1.807) is 0 Å². The zero-order valence-electron chi connectivity index (χ0n) is 4.99. The van der Waals surface area contributed by atoms with Crippen LogP contribution in [0.1, 0.15) is 20.8 Å². The number of allylic oxidation sites excluding steroid dienone is 1. The number of hydrogen-bond donors (Lipinski definition) is 0. The van der Waals surface area contributed by atoms with Crippen LogP contribution in [0.15, 0.2) is 6.08 Å². The monoisotopic (exact) mass is 114 g/mol. The first-order chi connectivity index (χ1) is 3.06. The lowest BCUT2D eigenvalue weighted by Gasteiger charge is -2.07. The molecule has 0 aliphatic rings. The highest BCUT2D eigenvalue weighted by atomic mass is 32.1. The third kappa shape index (κ3) is 5.87. The van der Waals surface area contributed by atoms with Gasteiger partial charge in [0.2, 0.25) is 0 Å². The minimum absolute atomic E-state index is 0.210. The molecule has 0 aromatic carbocycles. The Morgan fingerprint density at radius 1 is 1.43 bits per heavy atom. The largest absolute Gasteiger partial charge is 0.0560 e. The van der Waals surface area contributed by atoms with Crippen molar-refractivity contribution in [2.75, 3.05) is 0 Å². The van der Waals surface area contributed by atoms with Crippen molar-refractivity contribution in [2.45, 2.75) is 20.8 Å². The highest BCUT2D eigenvalue weighted by Gasteiger charge is 2.01. The lowest BCUT2D eigenvalue weighted by atomic mass is 9.98. The fraction of sp³-hybridized carbons (Fsp3) is 0.667. The molecule has 0 aromatic rings. The van der Waals surface area contributed by atoms with E-state index in [2.05, 4.69) is 38.0 Å². The molecule has 0 unspecified atom stereocenters. The first kappa shape index (κ1) is 6.87. The SMILES string of the molecule is CC(C)(C)C=C=S. The summed E-state index contributed by atoms with van der Waals surface area (Å²) in [5, 5.41) is 2.57. The van der Waals surface area contributed by atoms with E-state index >= 15 is 0 Å². The van der Waals surface area contributed by atoms with E-state index in [-0.39, 0.29) is 5.41 Å². The maximum atomic E-state index is 4.49. The van der Waals surface area contributed by atoms with Crippen LogP contribution in [0.2, 0.25) is 0 Å². The van der Waals surface area contributed by atoms with Crippen LogP contribution in [0.25, 0.3) is 0 Å². The van der Waals surface area contributed by atoms with Gasteiger partial charge in [-0.15, -0.1) is 0 Å². The second-order valence-corrected chi connectivity index (χ2v) is 2.86. The van der Waals surface area contributed by atoms with E-state index in [1.807, 2.05) is 6.08 Å². The molecule has 0 bridgehead atoms. The van der Waals surface area contributed by atoms with Gasteiger partial charge in [-0.05, 0) is 28.7 Å². The molecule has 0 rings (SSSR count). The molecule has 0 aromatic heterocycles. The van der Waals surface area contributed by atoms with Crippen LogP contribution in [0.3, 0.4) is 0 Å². The number of hydrogen-bond acceptors (Lipinski definition) is 1. The van der Waals surface area contributed by atoms with Crippen molar-refractivity contribution in [3.05, 3.63) is 6.08 Å². The average molecular weight is 114 g/mol. The Kier molecular flexibility index (Phi) is 2.21. The van der Waals surface area contributed by atoms with Gasteiger partial charge < -0.3 is 0 Å². The highest BCUT2D eigenvalue weighted by molar-refractivity contribution is 7.78. The van der Waals surface area contributed by atoms with Crippen molar-refractivity contribution in [2.24, 2.45) is 5.41 Å². The molecule has 0 aliphatic carbocycles. The zero-order valence-corrected chi connectivity index (χ0v) is 5.80. The quantitative estimate of drug-likeness (QED) is 0.435. The lowest BCUT2D eigenvalue weighted by Crippen LogP contribution is -1.97.